The van der Waals surface area contributed by atoms with E-state index >= 15 is 0 Å². The number of hydrogen-bond acceptors (Lipinski definition) is 2. The lowest BCUT2D eigenvalue weighted by molar-refractivity contribution is -0.135. The third kappa shape index (κ3) is 1.12. The quantitative estimate of drug-likeness (QED) is 0.508. The highest BCUT2D eigenvalue weighted by Gasteiger charge is 2.33. The average Bonchev–Trinajstić information content (AvgIpc) is 1.83. The lowest BCUT2D eigenvalue weighted by Crippen LogP contribution is -2.39. The van der Waals surface area contributed by atoms with Crippen LogP contribution in [0.3, 0.4) is 0 Å². The summed E-state index contributed by atoms with van der Waals surface area (Å²) in [7, 11) is 0. The van der Waals surface area contributed by atoms with Gasteiger partial charge in [-0.1, -0.05) is 13.0 Å². The van der Waals surface area contributed by atoms with E-state index < -0.39 is 5.60 Å². The molecule has 0 saturated carbocycles. The maximum absolute atomic E-state index is 11.1. The molecular weight excluding hydrogens is 128 g/mol. The van der Waals surface area contributed by atoms with Gasteiger partial charge in [-0.15, -0.1) is 0 Å². The number of aliphatic hydroxyl groups is 1. The topological polar surface area (TPSA) is 37.3 Å². The normalized spacial score (nSPS) is 40.3. The molecule has 0 spiro atoms. The van der Waals surface area contributed by atoms with Gasteiger partial charge in [0.1, 0.15) is 5.60 Å². The van der Waals surface area contributed by atoms with E-state index in [1.807, 2.05) is 13.0 Å². The molecule has 0 aliphatic heterocycles. The van der Waals surface area contributed by atoms with Gasteiger partial charge >= 0.3 is 0 Å². The first kappa shape index (κ1) is 7.48. The molecule has 2 heteroatoms. The largest absolute Gasteiger partial charge is 0.378 e. The van der Waals surface area contributed by atoms with E-state index in [4.69, 9.17) is 0 Å². The van der Waals surface area contributed by atoms with Gasteiger partial charge in [-0.3, -0.25) is 4.79 Å². The fraction of sp³-hybridized carbons (Fsp3) is 0.625. The summed E-state index contributed by atoms with van der Waals surface area (Å²) in [6.07, 6.45) is 4.18. The van der Waals surface area contributed by atoms with E-state index in [2.05, 4.69) is 0 Å². The predicted octanol–water partition coefficient (Wildman–Crippen LogP) is 0.903. The molecule has 0 aromatic rings. The van der Waals surface area contributed by atoms with Crippen LogP contribution in [0.2, 0.25) is 0 Å². The molecule has 0 saturated heterocycles. The van der Waals surface area contributed by atoms with Crippen molar-refractivity contribution >= 4 is 5.78 Å². The first-order valence-corrected chi connectivity index (χ1v) is 3.48. The molecule has 0 unspecified atom stereocenters. The second-order valence-corrected chi connectivity index (χ2v) is 3.05. The van der Waals surface area contributed by atoms with Crippen LogP contribution in [0.4, 0.5) is 0 Å². The average molecular weight is 140 g/mol. The number of rotatable bonds is 0. The van der Waals surface area contributed by atoms with Crippen molar-refractivity contribution in [2.75, 3.05) is 0 Å². The summed E-state index contributed by atoms with van der Waals surface area (Å²) < 4.78 is 0. The van der Waals surface area contributed by atoms with Gasteiger partial charge in [0, 0.05) is 5.92 Å². The molecule has 1 N–H and O–H groups in total. The van der Waals surface area contributed by atoms with Crippen molar-refractivity contribution in [1.82, 2.24) is 0 Å². The smallest absolute Gasteiger partial charge is 0.171 e. The third-order valence-corrected chi connectivity index (χ3v) is 1.88. The summed E-state index contributed by atoms with van der Waals surface area (Å²) in [4.78, 5) is 11.1. The Morgan fingerprint density at radius 3 is 2.80 bits per heavy atom. The Morgan fingerprint density at radius 1 is 1.80 bits per heavy atom. The summed E-state index contributed by atoms with van der Waals surface area (Å²) >= 11 is 0. The number of carbonyl (C=O) groups excluding carboxylic acids is 1. The van der Waals surface area contributed by atoms with Gasteiger partial charge < -0.3 is 5.11 Å². The first-order chi connectivity index (χ1) is 4.54. The minimum absolute atomic E-state index is 0.0278. The highest BCUT2D eigenvalue weighted by atomic mass is 16.3. The Morgan fingerprint density at radius 2 is 2.40 bits per heavy atom. The van der Waals surface area contributed by atoms with Crippen LogP contribution in [-0.4, -0.2) is 16.5 Å². The van der Waals surface area contributed by atoms with E-state index in [-0.39, 0.29) is 11.7 Å². The molecule has 0 heterocycles. The Kier molecular flexibility index (Phi) is 1.65. The minimum Gasteiger partial charge on any atom is -0.378 e. The van der Waals surface area contributed by atoms with Crippen LogP contribution in [0.25, 0.3) is 0 Å². The molecule has 1 aliphatic carbocycles. The van der Waals surface area contributed by atoms with Gasteiger partial charge in [-0.2, -0.15) is 0 Å². The van der Waals surface area contributed by atoms with Crippen molar-refractivity contribution in [3.63, 3.8) is 0 Å². The number of ketones is 1. The Hall–Kier alpha value is -0.630. The molecule has 0 bridgehead atoms. The van der Waals surface area contributed by atoms with Crippen LogP contribution in [0, 0.1) is 5.92 Å². The number of carbonyl (C=O) groups is 1. The summed E-state index contributed by atoms with van der Waals surface area (Å²) in [5.41, 5.74) is -1.21. The van der Waals surface area contributed by atoms with E-state index in [9.17, 15) is 9.90 Å². The van der Waals surface area contributed by atoms with Gasteiger partial charge in [0.25, 0.3) is 0 Å². The molecule has 0 aromatic heterocycles. The van der Waals surface area contributed by atoms with Crippen molar-refractivity contribution in [2.45, 2.75) is 25.9 Å². The predicted molar refractivity (Wildman–Crippen MR) is 38.6 cm³/mol. The molecule has 1 rings (SSSR count). The summed E-state index contributed by atoms with van der Waals surface area (Å²) in [5, 5.41) is 9.38. The van der Waals surface area contributed by atoms with Crippen LogP contribution < -0.4 is 0 Å². The van der Waals surface area contributed by atoms with Crippen LogP contribution in [0.15, 0.2) is 12.2 Å². The van der Waals surface area contributed by atoms with Crippen molar-refractivity contribution in [2.24, 2.45) is 5.92 Å². The molecular formula is C8H12O2. The summed E-state index contributed by atoms with van der Waals surface area (Å²) in [6.45, 7) is 3.36. The van der Waals surface area contributed by atoms with Crippen LogP contribution in [0.1, 0.15) is 20.3 Å². The Balaban J connectivity index is 2.87. The molecule has 0 amide bonds. The van der Waals surface area contributed by atoms with E-state index in [0.29, 0.717) is 0 Å². The number of hydrogen-bond donors (Lipinski definition) is 1. The first-order valence-electron chi connectivity index (χ1n) is 3.48. The fourth-order valence-electron chi connectivity index (χ4n) is 1.19. The van der Waals surface area contributed by atoms with Crippen molar-refractivity contribution in [3.05, 3.63) is 12.2 Å². The van der Waals surface area contributed by atoms with Gasteiger partial charge in [-0.25, -0.2) is 0 Å². The van der Waals surface area contributed by atoms with Gasteiger partial charge in [0.15, 0.2) is 5.78 Å². The zero-order chi connectivity index (χ0) is 7.78. The standard InChI is InChI=1S/C8H12O2/c1-6-4-3-5-8(2,10)7(6)9/h3,5-6,10H,4H2,1-2H3/t6-,8+/m0/s1. The molecule has 0 radical (unpaired) electrons. The molecule has 2 nitrogen and oxygen atoms in total. The van der Waals surface area contributed by atoms with Crippen LogP contribution >= 0.6 is 0 Å². The van der Waals surface area contributed by atoms with Crippen LogP contribution in [-0.2, 0) is 4.79 Å². The molecule has 0 fully saturated rings. The number of allylic oxidation sites excluding steroid dienone is 1. The Labute approximate surface area is 60.6 Å². The van der Waals surface area contributed by atoms with Gasteiger partial charge in [0.05, 0.1) is 0 Å². The summed E-state index contributed by atoms with van der Waals surface area (Å²) in [6, 6.07) is 0. The highest BCUT2D eigenvalue weighted by Crippen LogP contribution is 2.21. The lowest BCUT2D eigenvalue weighted by atomic mass is 9.84. The maximum Gasteiger partial charge on any atom is 0.171 e. The molecule has 10 heavy (non-hydrogen) atoms. The van der Waals surface area contributed by atoms with Crippen molar-refractivity contribution < 1.29 is 9.90 Å². The SMILES string of the molecule is C[C@H]1CC=C[C@@](C)(O)C1=O. The second kappa shape index (κ2) is 2.20. The molecule has 0 aromatic carbocycles. The second-order valence-electron chi connectivity index (χ2n) is 3.05. The molecule has 2 atom stereocenters. The zero-order valence-electron chi connectivity index (χ0n) is 6.29. The minimum atomic E-state index is -1.21. The highest BCUT2D eigenvalue weighted by molar-refractivity contribution is 5.91. The van der Waals surface area contributed by atoms with Crippen LogP contribution in [0.5, 0.6) is 0 Å². The summed E-state index contributed by atoms with van der Waals surface area (Å²) in [5.74, 6) is -0.102. The molecule has 56 valence electrons. The molecule has 1 aliphatic rings. The number of Topliss-reactive ketones (excluding diaryl/α,β-unsaturated/α-hetero) is 1. The Bertz CT molecular complexity index is 180. The lowest BCUT2D eigenvalue weighted by Gasteiger charge is -2.25. The van der Waals surface area contributed by atoms with Crippen molar-refractivity contribution in [3.8, 4) is 0 Å². The van der Waals surface area contributed by atoms with E-state index in [0.717, 1.165) is 6.42 Å². The van der Waals surface area contributed by atoms with Crippen molar-refractivity contribution in [1.29, 1.82) is 0 Å². The zero-order valence-corrected chi connectivity index (χ0v) is 6.29. The maximum atomic E-state index is 11.1. The fourth-order valence-corrected chi connectivity index (χ4v) is 1.19. The van der Waals surface area contributed by atoms with Gasteiger partial charge in [-0.05, 0) is 19.4 Å². The third-order valence-electron chi connectivity index (χ3n) is 1.88. The van der Waals surface area contributed by atoms with E-state index in [1.54, 1.807) is 6.08 Å². The van der Waals surface area contributed by atoms with Gasteiger partial charge in [0.2, 0.25) is 0 Å². The van der Waals surface area contributed by atoms with E-state index in [1.165, 1.54) is 6.92 Å². The monoisotopic (exact) mass is 140 g/mol.